The summed E-state index contributed by atoms with van der Waals surface area (Å²) >= 11 is 0. The highest BCUT2D eigenvalue weighted by molar-refractivity contribution is 5.27. The second-order valence-electron chi connectivity index (χ2n) is 5.43. The van der Waals surface area contributed by atoms with Crippen LogP contribution in [0.1, 0.15) is 18.9 Å². The molecule has 1 aromatic carbocycles. The first-order valence-electron chi connectivity index (χ1n) is 6.79. The number of ether oxygens (including phenoxy) is 1. The molecule has 100 valence electrons. The third kappa shape index (κ3) is 4.00. The molecule has 0 heterocycles. The second-order valence-corrected chi connectivity index (χ2v) is 5.43. The molecule has 2 unspecified atom stereocenters. The molecule has 0 bridgehead atoms. The van der Waals surface area contributed by atoms with Crippen molar-refractivity contribution in [1.82, 2.24) is 4.90 Å². The summed E-state index contributed by atoms with van der Waals surface area (Å²) in [5.74, 6) is 2.77. The Morgan fingerprint density at radius 3 is 2.56 bits per heavy atom. The zero-order chi connectivity index (χ0) is 13.0. The first-order chi connectivity index (χ1) is 8.69. The lowest BCUT2D eigenvalue weighted by atomic mass is 10.2. The maximum absolute atomic E-state index is 5.72. The zero-order valence-corrected chi connectivity index (χ0v) is 11.4. The Kier molecular flexibility index (Phi) is 4.61. The molecule has 2 N–H and O–H groups in total. The SMILES string of the molecule is CC1CC1CN(C)CCOc1ccc(CN)cc1. The van der Waals surface area contributed by atoms with Gasteiger partial charge in [-0.05, 0) is 43.0 Å². The second kappa shape index (κ2) is 6.21. The molecule has 0 aliphatic heterocycles. The molecule has 1 aliphatic carbocycles. The molecule has 3 heteroatoms. The maximum atomic E-state index is 5.72. The summed E-state index contributed by atoms with van der Waals surface area (Å²) in [6.07, 6.45) is 1.39. The lowest BCUT2D eigenvalue weighted by molar-refractivity contribution is 0.230. The topological polar surface area (TPSA) is 38.5 Å². The van der Waals surface area contributed by atoms with Gasteiger partial charge in [-0.15, -0.1) is 0 Å². The van der Waals surface area contributed by atoms with Gasteiger partial charge in [0.05, 0.1) is 0 Å². The average molecular weight is 248 g/mol. The lowest BCUT2D eigenvalue weighted by Crippen LogP contribution is -2.26. The van der Waals surface area contributed by atoms with Crippen molar-refractivity contribution in [2.75, 3.05) is 26.7 Å². The molecule has 2 atom stereocenters. The fourth-order valence-electron chi connectivity index (χ4n) is 2.19. The average Bonchev–Trinajstić information content (AvgIpc) is 3.05. The summed E-state index contributed by atoms with van der Waals surface area (Å²) in [6.45, 7) is 5.86. The summed E-state index contributed by atoms with van der Waals surface area (Å²) in [7, 11) is 2.17. The number of nitrogens with two attached hydrogens (primary N) is 1. The van der Waals surface area contributed by atoms with E-state index in [-0.39, 0.29) is 0 Å². The Morgan fingerprint density at radius 2 is 2.00 bits per heavy atom. The highest BCUT2D eigenvalue weighted by atomic mass is 16.5. The number of nitrogens with zero attached hydrogens (tertiary/aromatic N) is 1. The Morgan fingerprint density at radius 1 is 1.33 bits per heavy atom. The number of benzene rings is 1. The van der Waals surface area contributed by atoms with E-state index in [2.05, 4.69) is 18.9 Å². The minimum atomic E-state index is 0.586. The van der Waals surface area contributed by atoms with Crippen LogP contribution in [0.3, 0.4) is 0 Å². The van der Waals surface area contributed by atoms with Crippen molar-refractivity contribution in [2.45, 2.75) is 19.9 Å². The van der Waals surface area contributed by atoms with Crippen molar-refractivity contribution in [1.29, 1.82) is 0 Å². The van der Waals surface area contributed by atoms with Gasteiger partial charge in [0, 0.05) is 19.6 Å². The summed E-state index contributed by atoms with van der Waals surface area (Å²) < 4.78 is 5.72. The summed E-state index contributed by atoms with van der Waals surface area (Å²) in [6, 6.07) is 8.02. The first kappa shape index (κ1) is 13.4. The Bertz CT molecular complexity index is 363. The molecule has 0 amide bonds. The molecule has 0 radical (unpaired) electrons. The van der Waals surface area contributed by atoms with Gasteiger partial charge in [0.15, 0.2) is 0 Å². The predicted octanol–water partition coefficient (Wildman–Crippen LogP) is 2.11. The van der Waals surface area contributed by atoms with Gasteiger partial charge < -0.3 is 15.4 Å². The minimum absolute atomic E-state index is 0.586. The third-order valence-corrected chi connectivity index (χ3v) is 3.72. The molecule has 1 aliphatic rings. The standard InChI is InChI=1S/C15H24N2O/c1-12-9-14(12)11-17(2)7-8-18-15-5-3-13(10-16)4-6-15/h3-6,12,14H,7-11,16H2,1-2H3. The quantitative estimate of drug-likeness (QED) is 0.803. The maximum Gasteiger partial charge on any atom is 0.119 e. The Labute approximate surface area is 110 Å². The summed E-state index contributed by atoms with van der Waals surface area (Å²) in [5, 5.41) is 0. The van der Waals surface area contributed by atoms with Gasteiger partial charge in [-0.1, -0.05) is 19.1 Å². The zero-order valence-electron chi connectivity index (χ0n) is 11.4. The summed E-state index contributed by atoms with van der Waals surface area (Å²) in [5.41, 5.74) is 6.70. The van der Waals surface area contributed by atoms with Gasteiger partial charge in [0.25, 0.3) is 0 Å². The van der Waals surface area contributed by atoms with Crippen molar-refractivity contribution in [3.8, 4) is 5.75 Å². The van der Waals surface area contributed by atoms with Crippen LogP contribution in [0.2, 0.25) is 0 Å². The van der Waals surface area contributed by atoms with Crippen molar-refractivity contribution in [3.05, 3.63) is 29.8 Å². The fourth-order valence-corrected chi connectivity index (χ4v) is 2.19. The summed E-state index contributed by atoms with van der Waals surface area (Å²) in [4.78, 5) is 2.36. The molecule has 0 saturated heterocycles. The fraction of sp³-hybridized carbons (Fsp3) is 0.600. The van der Waals surface area contributed by atoms with Crippen LogP contribution in [0, 0.1) is 11.8 Å². The predicted molar refractivity (Wildman–Crippen MR) is 74.6 cm³/mol. The van der Waals surface area contributed by atoms with E-state index < -0.39 is 0 Å². The van der Waals surface area contributed by atoms with Gasteiger partial charge in [0.1, 0.15) is 12.4 Å². The van der Waals surface area contributed by atoms with Crippen LogP contribution in [0.5, 0.6) is 5.75 Å². The highest BCUT2D eigenvalue weighted by Crippen LogP contribution is 2.37. The van der Waals surface area contributed by atoms with E-state index >= 15 is 0 Å². The molecule has 0 aromatic heterocycles. The largest absolute Gasteiger partial charge is 0.492 e. The molecular weight excluding hydrogens is 224 g/mol. The number of hydrogen-bond donors (Lipinski definition) is 1. The molecule has 1 fully saturated rings. The molecule has 1 saturated carbocycles. The van der Waals surface area contributed by atoms with Crippen LogP contribution in [-0.4, -0.2) is 31.6 Å². The van der Waals surface area contributed by atoms with Crippen LogP contribution in [-0.2, 0) is 6.54 Å². The van der Waals surface area contributed by atoms with E-state index in [0.717, 1.165) is 36.3 Å². The smallest absolute Gasteiger partial charge is 0.119 e. The number of likely N-dealkylation sites (N-methyl/N-ethyl adjacent to an activating group) is 1. The molecule has 1 aromatic rings. The lowest BCUT2D eigenvalue weighted by Gasteiger charge is -2.16. The van der Waals surface area contributed by atoms with E-state index in [4.69, 9.17) is 10.5 Å². The van der Waals surface area contributed by atoms with Crippen LogP contribution in [0.15, 0.2) is 24.3 Å². The van der Waals surface area contributed by atoms with Crippen LogP contribution in [0.4, 0.5) is 0 Å². The van der Waals surface area contributed by atoms with Gasteiger partial charge in [0.2, 0.25) is 0 Å². The van der Waals surface area contributed by atoms with E-state index in [1.807, 2.05) is 24.3 Å². The van der Waals surface area contributed by atoms with Gasteiger partial charge in [-0.3, -0.25) is 0 Å². The normalized spacial score (nSPS) is 22.2. The van der Waals surface area contributed by atoms with Crippen molar-refractivity contribution in [2.24, 2.45) is 17.6 Å². The van der Waals surface area contributed by atoms with Crippen molar-refractivity contribution < 1.29 is 4.74 Å². The van der Waals surface area contributed by atoms with Crippen molar-refractivity contribution in [3.63, 3.8) is 0 Å². The van der Waals surface area contributed by atoms with Crippen LogP contribution in [0.25, 0.3) is 0 Å². The molecule has 3 nitrogen and oxygen atoms in total. The first-order valence-corrected chi connectivity index (χ1v) is 6.79. The van der Waals surface area contributed by atoms with Crippen molar-refractivity contribution >= 4 is 0 Å². The molecule has 2 rings (SSSR count). The number of hydrogen-bond acceptors (Lipinski definition) is 3. The van der Waals surface area contributed by atoms with E-state index in [1.54, 1.807) is 0 Å². The molecule has 0 spiro atoms. The molecular formula is C15H24N2O. The van der Waals surface area contributed by atoms with Crippen LogP contribution >= 0.6 is 0 Å². The minimum Gasteiger partial charge on any atom is -0.492 e. The Hall–Kier alpha value is -1.06. The van der Waals surface area contributed by atoms with Gasteiger partial charge in [-0.25, -0.2) is 0 Å². The highest BCUT2D eigenvalue weighted by Gasteiger charge is 2.32. The van der Waals surface area contributed by atoms with Crippen LogP contribution < -0.4 is 10.5 Å². The van der Waals surface area contributed by atoms with Gasteiger partial charge in [-0.2, -0.15) is 0 Å². The number of rotatable bonds is 7. The van der Waals surface area contributed by atoms with E-state index in [9.17, 15) is 0 Å². The third-order valence-electron chi connectivity index (χ3n) is 3.72. The monoisotopic (exact) mass is 248 g/mol. The molecule has 18 heavy (non-hydrogen) atoms. The van der Waals surface area contributed by atoms with E-state index in [1.165, 1.54) is 13.0 Å². The Balaban J connectivity index is 1.64. The van der Waals surface area contributed by atoms with Gasteiger partial charge >= 0.3 is 0 Å². The van der Waals surface area contributed by atoms with E-state index in [0.29, 0.717) is 6.54 Å².